The van der Waals surface area contributed by atoms with Gasteiger partial charge in [-0.05, 0) is 33.1 Å². The van der Waals surface area contributed by atoms with Crippen LogP contribution in [-0.2, 0) is 14.3 Å². The van der Waals surface area contributed by atoms with Crippen LogP contribution in [0.1, 0.15) is 33.1 Å². The molecule has 0 aromatic rings. The first-order chi connectivity index (χ1) is 10.6. The van der Waals surface area contributed by atoms with Crippen LogP contribution in [0.5, 0.6) is 0 Å². The van der Waals surface area contributed by atoms with Crippen molar-refractivity contribution in [1.82, 2.24) is 9.80 Å². The summed E-state index contributed by atoms with van der Waals surface area (Å²) in [5, 5.41) is 0. The maximum absolute atomic E-state index is 12.5. The number of likely N-dealkylation sites (tertiary alicyclic amines) is 1. The van der Waals surface area contributed by atoms with Crippen molar-refractivity contribution in [3.8, 4) is 0 Å². The highest BCUT2D eigenvalue weighted by molar-refractivity contribution is 5.88. The minimum Gasteiger partial charge on any atom is -0.379 e. The Morgan fingerprint density at radius 2 is 2.05 bits per heavy atom. The van der Waals surface area contributed by atoms with Crippen LogP contribution in [0.2, 0.25) is 0 Å². The van der Waals surface area contributed by atoms with E-state index < -0.39 is 0 Å². The monoisotopic (exact) mass is 308 g/mol. The van der Waals surface area contributed by atoms with Crippen LogP contribution >= 0.6 is 0 Å². The van der Waals surface area contributed by atoms with E-state index in [1.165, 1.54) is 0 Å². The smallest absolute Gasteiger partial charge is 0.246 e. The Hall–Kier alpha value is -0.910. The van der Waals surface area contributed by atoms with E-state index in [0.717, 1.165) is 58.7 Å². The Morgan fingerprint density at radius 1 is 1.27 bits per heavy atom. The highest BCUT2D eigenvalue weighted by Gasteiger charge is 2.45. The van der Waals surface area contributed by atoms with Gasteiger partial charge in [0.05, 0.1) is 31.0 Å². The number of ether oxygens (including phenoxy) is 2. The fourth-order valence-electron chi connectivity index (χ4n) is 3.82. The predicted octanol–water partition coefficient (Wildman–Crippen LogP) is 1.43. The van der Waals surface area contributed by atoms with Crippen molar-refractivity contribution in [2.45, 2.75) is 50.9 Å². The highest BCUT2D eigenvalue weighted by atomic mass is 16.5. The molecule has 0 spiro atoms. The third kappa shape index (κ3) is 3.70. The molecule has 0 unspecified atom stereocenters. The molecule has 5 nitrogen and oxygen atoms in total. The maximum Gasteiger partial charge on any atom is 0.246 e. The zero-order chi connectivity index (χ0) is 15.6. The average molecular weight is 308 g/mol. The van der Waals surface area contributed by atoms with Gasteiger partial charge in [-0.15, -0.1) is 0 Å². The van der Waals surface area contributed by atoms with Gasteiger partial charge in [-0.3, -0.25) is 9.69 Å². The molecule has 3 rings (SSSR count). The number of amides is 1. The third-order valence-electron chi connectivity index (χ3n) is 4.90. The molecule has 5 heteroatoms. The number of hydrogen-bond donors (Lipinski definition) is 0. The summed E-state index contributed by atoms with van der Waals surface area (Å²) in [5.74, 6) is 0.143. The van der Waals surface area contributed by atoms with E-state index in [1.54, 1.807) is 6.08 Å². The molecule has 0 aromatic heterocycles. The normalized spacial score (nSPS) is 32.4. The molecule has 2 atom stereocenters. The van der Waals surface area contributed by atoms with Crippen molar-refractivity contribution >= 4 is 5.91 Å². The maximum atomic E-state index is 12.5. The van der Waals surface area contributed by atoms with Gasteiger partial charge in [0.15, 0.2) is 0 Å². The van der Waals surface area contributed by atoms with Gasteiger partial charge in [-0.25, -0.2) is 0 Å². The zero-order valence-corrected chi connectivity index (χ0v) is 13.8. The van der Waals surface area contributed by atoms with Gasteiger partial charge in [0, 0.05) is 32.3 Å². The van der Waals surface area contributed by atoms with Crippen LogP contribution in [0.3, 0.4) is 0 Å². The van der Waals surface area contributed by atoms with Gasteiger partial charge in [-0.1, -0.05) is 6.08 Å². The lowest BCUT2D eigenvalue weighted by molar-refractivity contribution is -0.132. The Balaban J connectivity index is 1.54. The van der Waals surface area contributed by atoms with Gasteiger partial charge in [0.2, 0.25) is 5.91 Å². The molecule has 3 saturated heterocycles. The second-order valence-corrected chi connectivity index (χ2v) is 7.18. The summed E-state index contributed by atoms with van der Waals surface area (Å²) in [4.78, 5) is 16.9. The van der Waals surface area contributed by atoms with Gasteiger partial charge in [0.1, 0.15) is 0 Å². The lowest BCUT2D eigenvalue weighted by Crippen LogP contribution is -2.48. The Morgan fingerprint density at radius 3 is 2.82 bits per heavy atom. The number of rotatable bonds is 3. The standard InChI is InChI=1S/C17H28N2O3/c1-17(2)13-14-15(22-17)5-3-8-19(14)16(20)6-4-7-18-9-11-21-12-10-18/h4,6,14-15H,3,5,7-13H2,1-2H3/b6-4+/t14-,15-/m0/s1. The average Bonchev–Trinajstić information content (AvgIpc) is 2.81. The molecule has 22 heavy (non-hydrogen) atoms. The first-order valence-electron chi connectivity index (χ1n) is 8.50. The van der Waals surface area contributed by atoms with Crippen LogP contribution in [0, 0.1) is 0 Å². The molecule has 0 aliphatic carbocycles. The Kier molecular flexibility index (Phi) is 4.85. The van der Waals surface area contributed by atoms with E-state index in [2.05, 4.69) is 18.7 Å². The molecule has 3 heterocycles. The van der Waals surface area contributed by atoms with E-state index in [-0.39, 0.29) is 23.7 Å². The van der Waals surface area contributed by atoms with Crippen LogP contribution in [-0.4, -0.2) is 72.8 Å². The van der Waals surface area contributed by atoms with Crippen LogP contribution in [0.4, 0.5) is 0 Å². The summed E-state index contributed by atoms with van der Waals surface area (Å²) >= 11 is 0. The van der Waals surface area contributed by atoms with Crippen molar-refractivity contribution < 1.29 is 14.3 Å². The number of fused-ring (bicyclic) bond motifs is 1. The summed E-state index contributed by atoms with van der Waals surface area (Å²) in [5.41, 5.74) is -0.101. The Bertz CT molecular complexity index is 430. The number of morpholine rings is 1. The SMILES string of the molecule is CC1(C)C[C@H]2[C@H](CCCN2C(=O)/C=C/CN2CCOCC2)O1. The summed E-state index contributed by atoms with van der Waals surface area (Å²) in [7, 11) is 0. The molecule has 0 aromatic carbocycles. The fourth-order valence-corrected chi connectivity index (χ4v) is 3.82. The largest absolute Gasteiger partial charge is 0.379 e. The van der Waals surface area contributed by atoms with Gasteiger partial charge in [0.25, 0.3) is 0 Å². The van der Waals surface area contributed by atoms with Crippen molar-refractivity contribution in [1.29, 1.82) is 0 Å². The first kappa shape index (κ1) is 16.0. The quantitative estimate of drug-likeness (QED) is 0.740. The molecule has 0 N–H and O–H groups in total. The van der Waals surface area contributed by atoms with Crippen LogP contribution in [0.25, 0.3) is 0 Å². The molecule has 0 saturated carbocycles. The Labute approximate surface area is 133 Å². The molecule has 3 aliphatic heterocycles. The molecule has 0 bridgehead atoms. The summed E-state index contributed by atoms with van der Waals surface area (Å²) in [6.07, 6.45) is 7.04. The van der Waals surface area contributed by atoms with Crippen molar-refractivity contribution in [2.75, 3.05) is 39.4 Å². The predicted molar refractivity (Wildman–Crippen MR) is 84.7 cm³/mol. The third-order valence-corrected chi connectivity index (χ3v) is 4.90. The highest BCUT2D eigenvalue weighted by Crippen LogP contribution is 2.37. The van der Waals surface area contributed by atoms with E-state index >= 15 is 0 Å². The van der Waals surface area contributed by atoms with Gasteiger partial charge < -0.3 is 14.4 Å². The second kappa shape index (κ2) is 6.69. The minimum absolute atomic E-state index is 0.101. The second-order valence-electron chi connectivity index (χ2n) is 7.18. The molecule has 3 fully saturated rings. The molecular weight excluding hydrogens is 280 g/mol. The van der Waals surface area contributed by atoms with E-state index in [9.17, 15) is 4.79 Å². The van der Waals surface area contributed by atoms with Crippen LogP contribution in [0.15, 0.2) is 12.2 Å². The van der Waals surface area contributed by atoms with Gasteiger partial charge in [-0.2, -0.15) is 0 Å². The van der Waals surface area contributed by atoms with E-state index in [0.29, 0.717) is 0 Å². The topological polar surface area (TPSA) is 42.0 Å². The lowest BCUT2D eigenvalue weighted by atomic mass is 9.94. The molecule has 0 radical (unpaired) electrons. The number of carbonyl (C=O) groups excluding carboxylic acids is 1. The summed E-state index contributed by atoms with van der Waals surface area (Å²) < 4.78 is 11.4. The van der Waals surface area contributed by atoms with Crippen LogP contribution < -0.4 is 0 Å². The number of piperidine rings is 1. The minimum atomic E-state index is -0.101. The molecular formula is C17H28N2O3. The van der Waals surface area contributed by atoms with Crippen molar-refractivity contribution in [2.24, 2.45) is 0 Å². The lowest BCUT2D eigenvalue weighted by Gasteiger charge is -2.35. The first-order valence-corrected chi connectivity index (χ1v) is 8.50. The number of nitrogens with zero attached hydrogens (tertiary/aromatic N) is 2. The summed E-state index contributed by atoms with van der Waals surface area (Å²) in [6.45, 7) is 9.45. The van der Waals surface area contributed by atoms with E-state index in [4.69, 9.17) is 9.47 Å². The molecule has 1 amide bonds. The zero-order valence-electron chi connectivity index (χ0n) is 13.8. The molecule has 124 valence electrons. The van der Waals surface area contributed by atoms with E-state index in [1.807, 2.05) is 11.0 Å². The summed E-state index contributed by atoms with van der Waals surface area (Å²) in [6, 6.07) is 0.254. The fraction of sp³-hybridized carbons (Fsp3) is 0.824. The number of hydrogen-bond acceptors (Lipinski definition) is 4. The van der Waals surface area contributed by atoms with Crippen molar-refractivity contribution in [3.63, 3.8) is 0 Å². The van der Waals surface area contributed by atoms with Gasteiger partial charge >= 0.3 is 0 Å². The number of carbonyl (C=O) groups is 1. The molecule has 3 aliphatic rings. The van der Waals surface area contributed by atoms with Crippen molar-refractivity contribution in [3.05, 3.63) is 12.2 Å².